The molecule has 1 fully saturated rings. The summed E-state index contributed by atoms with van der Waals surface area (Å²) in [5.41, 5.74) is 3.86. The highest BCUT2D eigenvalue weighted by Gasteiger charge is 2.20. The van der Waals surface area contributed by atoms with Crippen LogP contribution in [0, 0.1) is 11.3 Å². The number of aliphatic hydroxyl groups excluding tert-OH is 1. The van der Waals surface area contributed by atoms with Crippen LogP contribution < -0.4 is 15.0 Å². The number of nitriles is 1. The molecule has 33 heavy (non-hydrogen) atoms. The van der Waals surface area contributed by atoms with Gasteiger partial charge in [-0.1, -0.05) is 13.8 Å². The number of rotatable bonds is 8. The third-order valence-corrected chi connectivity index (χ3v) is 5.65. The molecule has 3 aromatic rings. The minimum Gasteiger partial charge on any atom is -0.491 e. The van der Waals surface area contributed by atoms with Crippen molar-refractivity contribution in [1.82, 2.24) is 19.9 Å². The Balaban J connectivity index is 1.79. The highest BCUT2D eigenvalue weighted by Crippen LogP contribution is 2.31. The van der Waals surface area contributed by atoms with Gasteiger partial charge in [0.15, 0.2) is 5.65 Å². The summed E-state index contributed by atoms with van der Waals surface area (Å²) in [7, 11) is 1.77. The molecule has 9 heteroatoms. The summed E-state index contributed by atoms with van der Waals surface area (Å²) in [4.78, 5) is 7.19. The number of hydrogen-bond donors (Lipinski definition) is 2. The molecule has 0 radical (unpaired) electrons. The van der Waals surface area contributed by atoms with Crippen molar-refractivity contribution in [3.8, 4) is 23.1 Å². The summed E-state index contributed by atoms with van der Waals surface area (Å²) in [6.45, 7) is 7.65. The van der Waals surface area contributed by atoms with Crippen molar-refractivity contribution in [3.05, 3.63) is 41.6 Å². The highest BCUT2D eigenvalue weighted by molar-refractivity contribution is 5.71. The topological polar surface area (TPSA) is 108 Å². The quantitative estimate of drug-likeness (QED) is 0.538. The van der Waals surface area contributed by atoms with Gasteiger partial charge in [-0.3, -0.25) is 0 Å². The maximum absolute atomic E-state index is 9.99. The van der Waals surface area contributed by atoms with Crippen molar-refractivity contribution in [2.75, 3.05) is 51.4 Å². The maximum Gasteiger partial charge on any atom is 0.161 e. The first-order valence-electron chi connectivity index (χ1n) is 11.2. The Labute approximate surface area is 193 Å². The van der Waals surface area contributed by atoms with Crippen molar-refractivity contribution >= 4 is 11.5 Å². The highest BCUT2D eigenvalue weighted by atomic mass is 16.5. The van der Waals surface area contributed by atoms with E-state index in [4.69, 9.17) is 14.5 Å². The van der Waals surface area contributed by atoms with E-state index in [0.29, 0.717) is 31.1 Å². The second-order valence-corrected chi connectivity index (χ2v) is 8.47. The fraction of sp³-hybridized carbons (Fsp3) is 0.458. The molecule has 0 aliphatic carbocycles. The first kappa shape index (κ1) is 23.0. The second-order valence-electron chi connectivity index (χ2n) is 8.47. The molecular weight excluding hydrogens is 420 g/mol. The van der Waals surface area contributed by atoms with Crippen LogP contribution in [0.5, 0.6) is 5.75 Å². The van der Waals surface area contributed by atoms with Crippen LogP contribution in [0.25, 0.3) is 16.9 Å². The predicted molar refractivity (Wildman–Crippen MR) is 126 cm³/mol. The Kier molecular flexibility index (Phi) is 7.08. The molecule has 4 rings (SSSR count). The molecule has 0 bridgehead atoms. The van der Waals surface area contributed by atoms with E-state index in [1.807, 2.05) is 28.9 Å². The zero-order valence-electron chi connectivity index (χ0n) is 19.3. The van der Waals surface area contributed by atoms with Gasteiger partial charge in [0, 0.05) is 36.8 Å². The molecule has 1 unspecified atom stereocenters. The number of ether oxygens (including phenoxy) is 2. The molecule has 1 atom stereocenters. The van der Waals surface area contributed by atoms with E-state index in [1.165, 1.54) is 0 Å². The number of aromatic nitrogens is 3. The van der Waals surface area contributed by atoms with Gasteiger partial charge >= 0.3 is 0 Å². The normalized spacial score (nSPS) is 15.1. The van der Waals surface area contributed by atoms with Crippen molar-refractivity contribution < 1.29 is 14.6 Å². The lowest BCUT2D eigenvalue weighted by Gasteiger charge is -2.29. The Morgan fingerprint density at radius 1 is 1.24 bits per heavy atom. The third kappa shape index (κ3) is 5.09. The van der Waals surface area contributed by atoms with Crippen LogP contribution in [0.2, 0.25) is 0 Å². The summed E-state index contributed by atoms with van der Waals surface area (Å²) < 4.78 is 13.2. The largest absolute Gasteiger partial charge is 0.491 e. The van der Waals surface area contributed by atoms with Crippen LogP contribution in [-0.2, 0) is 4.74 Å². The lowest BCUT2D eigenvalue weighted by Crippen LogP contribution is -2.37. The van der Waals surface area contributed by atoms with E-state index in [2.05, 4.69) is 35.2 Å². The number of aliphatic hydroxyl groups is 1. The van der Waals surface area contributed by atoms with Crippen LogP contribution in [-0.4, -0.2) is 72.3 Å². The zero-order chi connectivity index (χ0) is 23.4. The SMILES string of the molecule is CNCC(O)COc1cc(C#N)cc(-c2cc(N3CCOCC3)n3ncc(C(C)C)c3n2)c1. The van der Waals surface area contributed by atoms with Gasteiger partial charge in [-0.2, -0.15) is 14.9 Å². The molecule has 1 aliphatic heterocycles. The number of benzene rings is 1. The molecule has 174 valence electrons. The molecule has 2 N–H and O–H groups in total. The van der Waals surface area contributed by atoms with Crippen molar-refractivity contribution in [2.45, 2.75) is 25.9 Å². The van der Waals surface area contributed by atoms with Crippen LogP contribution >= 0.6 is 0 Å². The minimum atomic E-state index is -0.646. The summed E-state index contributed by atoms with van der Waals surface area (Å²) >= 11 is 0. The number of nitrogens with zero attached hydrogens (tertiary/aromatic N) is 5. The van der Waals surface area contributed by atoms with Gasteiger partial charge in [0.05, 0.1) is 36.7 Å². The fourth-order valence-corrected chi connectivity index (χ4v) is 3.92. The van der Waals surface area contributed by atoms with Crippen LogP contribution in [0.15, 0.2) is 30.5 Å². The van der Waals surface area contributed by atoms with E-state index in [0.717, 1.165) is 41.4 Å². The Morgan fingerprint density at radius 3 is 2.73 bits per heavy atom. The van der Waals surface area contributed by atoms with Crippen molar-refractivity contribution in [2.24, 2.45) is 0 Å². The summed E-state index contributed by atoms with van der Waals surface area (Å²) in [5, 5.41) is 27.1. The molecule has 0 amide bonds. The lowest BCUT2D eigenvalue weighted by atomic mass is 10.1. The van der Waals surface area contributed by atoms with Gasteiger partial charge in [-0.25, -0.2) is 4.98 Å². The summed E-state index contributed by atoms with van der Waals surface area (Å²) in [6.07, 6.45) is 1.23. The molecule has 0 saturated carbocycles. The number of morpholine rings is 1. The second kappa shape index (κ2) is 10.2. The number of anilines is 1. The van der Waals surface area contributed by atoms with Gasteiger partial charge in [0.25, 0.3) is 0 Å². The molecular formula is C24H30N6O3. The van der Waals surface area contributed by atoms with Gasteiger partial charge in [-0.15, -0.1) is 0 Å². The Bertz CT molecular complexity index is 1150. The van der Waals surface area contributed by atoms with Crippen molar-refractivity contribution in [1.29, 1.82) is 5.26 Å². The standard InChI is InChI=1S/C24H30N6O3/c1-16(2)21-14-27-30-23(29-4-6-32-7-5-29)11-22(28-24(21)30)18-8-17(12-25)9-20(10-18)33-15-19(31)13-26-3/h8-11,14,16,19,26,31H,4-7,13,15H2,1-3H3. The molecule has 1 saturated heterocycles. The Morgan fingerprint density at radius 2 is 2.03 bits per heavy atom. The molecule has 3 heterocycles. The van der Waals surface area contributed by atoms with Crippen LogP contribution in [0.4, 0.5) is 5.82 Å². The van der Waals surface area contributed by atoms with E-state index < -0.39 is 6.10 Å². The van der Waals surface area contributed by atoms with Crippen LogP contribution in [0.3, 0.4) is 0 Å². The number of fused-ring (bicyclic) bond motifs is 1. The van der Waals surface area contributed by atoms with E-state index in [1.54, 1.807) is 13.1 Å². The minimum absolute atomic E-state index is 0.126. The summed E-state index contributed by atoms with van der Waals surface area (Å²) in [5.74, 6) is 1.73. The smallest absolute Gasteiger partial charge is 0.161 e. The number of hydrogen-bond acceptors (Lipinski definition) is 8. The predicted octanol–water partition coefficient (Wildman–Crippen LogP) is 2.19. The number of likely N-dealkylation sites (N-methyl/N-ethyl adjacent to an activating group) is 1. The van der Waals surface area contributed by atoms with Crippen LogP contribution in [0.1, 0.15) is 30.9 Å². The van der Waals surface area contributed by atoms with Gasteiger partial charge in [-0.05, 0) is 31.2 Å². The van der Waals surface area contributed by atoms with E-state index in [9.17, 15) is 10.4 Å². The first-order valence-corrected chi connectivity index (χ1v) is 11.2. The average Bonchev–Trinajstić information content (AvgIpc) is 3.27. The van der Waals surface area contributed by atoms with Gasteiger partial charge in [0.1, 0.15) is 24.3 Å². The molecule has 2 aromatic heterocycles. The number of nitrogens with one attached hydrogen (secondary N) is 1. The van der Waals surface area contributed by atoms with E-state index >= 15 is 0 Å². The third-order valence-electron chi connectivity index (χ3n) is 5.65. The molecule has 9 nitrogen and oxygen atoms in total. The van der Waals surface area contributed by atoms with Crippen molar-refractivity contribution in [3.63, 3.8) is 0 Å². The zero-order valence-corrected chi connectivity index (χ0v) is 19.3. The molecule has 1 aromatic carbocycles. The van der Waals surface area contributed by atoms with Gasteiger partial charge in [0.2, 0.25) is 0 Å². The average molecular weight is 451 g/mol. The first-order chi connectivity index (χ1) is 16.0. The molecule has 1 aliphatic rings. The lowest BCUT2D eigenvalue weighted by molar-refractivity contribution is 0.108. The molecule has 0 spiro atoms. The maximum atomic E-state index is 9.99. The Hall–Kier alpha value is -3.19. The van der Waals surface area contributed by atoms with E-state index in [-0.39, 0.29) is 12.5 Å². The monoisotopic (exact) mass is 450 g/mol. The fourth-order valence-electron chi connectivity index (χ4n) is 3.92. The summed E-state index contributed by atoms with van der Waals surface area (Å²) in [6, 6.07) is 9.56. The van der Waals surface area contributed by atoms with Gasteiger partial charge < -0.3 is 24.8 Å².